The van der Waals surface area contributed by atoms with Crippen molar-refractivity contribution in [1.82, 2.24) is 10.2 Å². The zero-order valence-electron chi connectivity index (χ0n) is 13.7. The standard InChI is InChI=1S/C18H14BrN3O3S/c1-11(23)20-15-7-5-12(6-8-15)16(24)10-26-18-22-21-17(25-18)13-3-2-4-14(19)9-13/h2-9H,10H2,1H3,(H,20,23). The molecule has 3 aromatic rings. The molecule has 8 heteroatoms. The third-order valence-corrected chi connectivity index (χ3v) is 4.64. The van der Waals surface area contributed by atoms with E-state index in [0.29, 0.717) is 22.4 Å². The number of anilines is 1. The van der Waals surface area contributed by atoms with Crippen molar-refractivity contribution in [2.24, 2.45) is 0 Å². The summed E-state index contributed by atoms with van der Waals surface area (Å²) >= 11 is 4.58. The van der Waals surface area contributed by atoms with Crippen molar-refractivity contribution in [3.05, 3.63) is 58.6 Å². The summed E-state index contributed by atoms with van der Waals surface area (Å²) in [6.45, 7) is 1.43. The minimum Gasteiger partial charge on any atom is -0.411 e. The van der Waals surface area contributed by atoms with Crippen molar-refractivity contribution in [3.63, 3.8) is 0 Å². The molecule has 0 unspecified atom stereocenters. The van der Waals surface area contributed by atoms with E-state index in [-0.39, 0.29) is 17.4 Å². The molecule has 2 aromatic carbocycles. The molecule has 0 aliphatic heterocycles. The summed E-state index contributed by atoms with van der Waals surface area (Å²) in [4.78, 5) is 23.3. The first-order valence-electron chi connectivity index (χ1n) is 7.64. The molecule has 0 saturated carbocycles. The lowest BCUT2D eigenvalue weighted by molar-refractivity contribution is -0.114. The highest BCUT2D eigenvalue weighted by molar-refractivity contribution is 9.10. The van der Waals surface area contributed by atoms with E-state index in [1.807, 2.05) is 24.3 Å². The van der Waals surface area contributed by atoms with E-state index < -0.39 is 0 Å². The smallest absolute Gasteiger partial charge is 0.277 e. The van der Waals surface area contributed by atoms with Gasteiger partial charge in [0, 0.05) is 28.2 Å². The molecule has 0 bridgehead atoms. The first kappa shape index (κ1) is 18.3. The molecular weight excluding hydrogens is 418 g/mol. The maximum Gasteiger partial charge on any atom is 0.277 e. The van der Waals surface area contributed by atoms with Crippen LogP contribution in [0.3, 0.4) is 0 Å². The predicted molar refractivity (Wildman–Crippen MR) is 103 cm³/mol. The molecule has 0 atom stereocenters. The molecular formula is C18H14BrN3O3S. The van der Waals surface area contributed by atoms with Gasteiger partial charge in [-0.3, -0.25) is 9.59 Å². The van der Waals surface area contributed by atoms with Gasteiger partial charge < -0.3 is 9.73 Å². The van der Waals surface area contributed by atoms with Crippen LogP contribution in [0.15, 0.2) is 62.6 Å². The summed E-state index contributed by atoms with van der Waals surface area (Å²) in [5, 5.41) is 11.0. The lowest BCUT2D eigenvalue weighted by atomic mass is 10.1. The molecule has 26 heavy (non-hydrogen) atoms. The van der Waals surface area contributed by atoms with Gasteiger partial charge >= 0.3 is 0 Å². The number of carbonyl (C=O) groups is 2. The molecule has 0 radical (unpaired) electrons. The number of aromatic nitrogens is 2. The molecule has 1 heterocycles. The molecule has 0 aliphatic carbocycles. The number of rotatable bonds is 6. The largest absolute Gasteiger partial charge is 0.411 e. The van der Waals surface area contributed by atoms with Crippen LogP contribution in [0.2, 0.25) is 0 Å². The molecule has 1 amide bonds. The van der Waals surface area contributed by atoms with Crippen LogP contribution in [0, 0.1) is 0 Å². The van der Waals surface area contributed by atoms with Gasteiger partial charge in [0.05, 0.1) is 5.75 Å². The topological polar surface area (TPSA) is 85.1 Å². The summed E-state index contributed by atoms with van der Waals surface area (Å²) in [5.74, 6) is 0.365. The van der Waals surface area contributed by atoms with Crippen LogP contribution in [0.1, 0.15) is 17.3 Å². The van der Waals surface area contributed by atoms with Gasteiger partial charge in [0.15, 0.2) is 5.78 Å². The first-order chi connectivity index (χ1) is 12.5. The monoisotopic (exact) mass is 431 g/mol. The van der Waals surface area contributed by atoms with Gasteiger partial charge in [-0.2, -0.15) is 0 Å². The second-order valence-corrected chi connectivity index (χ2v) is 7.20. The average molecular weight is 432 g/mol. The number of nitrogens with one attached hydrogen (secondary N) is 1. The van der Waals surface area contributed by atoms with Crippen LogP contribution in [0.5, 0.6) is 0 Å². The van der Waals surface area contributed by atoms with Crippen LogP contribution >= 0.6 is 27.7 Å². The Labute approximate surface area is 162 Å². The number of ketones is 1. The van der Waals surface area contributed by atoms with Crippen molar-refractivity contribution >= 4 is 45.1 Å². The van der Waals surface area contributed by atoms with Crippen LogP contribution in [-0.2, 0) is 4.79 Å². The Morgan fingerprint density at radius 3 is 2.62 bits per heavy atom. The van der Waals surface area contributed by atoms with E-state index in [4.69, 9.17) is 4.42 Å². The van der Waals surface area contributed by atoms with E-state index >= 15 is 0 Å². The summed E-state index contributed by atoms with van der Waals surface area (Å²) in [7, 11) is 0. The highest BCUT2D eigenvalue weighted by atomic mass is 79.9. The molecule has 0 fully saturated rings. The lowest BCUT2D eigenvalue weighted by Crippen LogP contribution is -2.07. The molecule has 1 N–H and O–H groups in total. The van der Waals surface area contributed by atoms with Crippen LogP contribution in [-0.4, -0.2) is 27.6 Å². The quantitative estimate of drug-likeness (QED) is 0.458. The number of amides is 1. The number of hydrogen-bond acceptors (Lipinski definition) is 6. The van der Waals surface area contributed by atoms with Crippen LogP contribution < -0.4 is 5.32 Å². The highest BCUT2D eigenvalue weighted by Crippen LogP contribution is 2.25. The van der Waals surface area contributed by atoms with Gasteiger partial charge in [-0.1, -0.05) is 33.8 Å². The maximum atomic E-state index is 12.3. The number of benzene rings is 2. The zero-order valence-corrected chi connectivity index (χ0v) is 16.1. The second-order valence-electron chi connectivity index (χ2n) is 5.35. The summed E-state index contributed by atoms with van der Waals surface area (Å²) < 4.78 is 6.51. The van der Waals surface area contributed by atoms with E-state index in [2.05, 4.69) is 31.4 Å². The fourth-order valence-corrected chi connectivity index (χ4v) is 3.22. The molecule has 0 saturated heterocycles. The van der Waals surface area contributed by atoms with Crippen molar-refractivity contribution in [1.29, 1.82) is 0 Å². The number of halogens is 1. The third kappa shape index (κ3) is 4.80. The van der Waals surface area contributed by atoms with Gasteiger partial charge in [-0.15, -0.1) is 10.2 Å². The van der Waals surface area contributed by atoms with Crippen molar-refractivity contribution in [2.75, 3.05) is 11.1 Å². The van der Waals surface area contributed by atoms with Crippen LogP contribution in [0.25, 0.3) is 11.5 Å². The number of thioether (sulfide) groups is 1. The molecule has 3 rings (SSSR count). The Balaban J connectivity index is 1.60. The van der Waals surface area contributed by atoms with Gasteiger partial charge in [-0.25, -0.2) is 0 Å². The molecule has 6 nitrogen and oxygen atoms in total. The Morgan fingerprint density at radius 1 is 1.15 bits per heavy atom. The molecule has 1 aromatic heterocycles. The predicted octanol–water partition coefficient (Wildman–Crippen LogP) is 4.43. The van der Waals surface area contributed by atoms with E-state index in [0.717, 1.165) is 10.0 Å². The SMILES string of the molecule is CC(=O)Nc1ccc(C(=O)CSc2nnc(-c3cccc(Br)c3)o2)cc1. The minimum atomic E-state index is -0.155. The van der Waals surface area contributed by atoms with E-state index in [1.165, 1.54) is 18.7 Å². The highest BCUT2D eigenvalue weighted by Gasteiger charge is 2.13. The van der Waals surface area contributed by atoms with Crippen molar-refractivity contribution in [3.8, 4) is 11.5 Å². The van der Waals surface area contributed by atoms with Crippen molar-refractivity contribution in [2.45, 2.75) is 12.1 Å². The number of Topliss-reactive ketones (excluding diaryl/α,β-unsaturated/α-hetero) is 1. The Hall–Kier alpha value is -2.45. The molecule has 0 spiro atoms. The second kappa shape index (κ2) is 8.29. The normalized spacial score (nSPS) is 10.5. The minimum absolute atomic E-state index is 0.0634. The van der Waals surface area contributed by atoms with E-state index in [9.17, 15) is 9.59 Å². The van der Waals surface area contributed by atoms with Gasteiger partial charge in [-0.05, 0) is 42.5 Å². The number of carbonyl (C=O) groups excluding carboxylic acids is 2. The number of nitrogens with zero attached hydrogens (tertiary/aromatic N) is 2. The third-order valence-electron chi connectivity index (χ3n) is 3.33. The Bertz CT molecular complexity index is 941. The summed E-state index contributed by atoms with van der Waals surface area (Å²) in [5.41, 5.74) is 2.01. The maximum absolute atomic E-state index is 12.3. The van der Waals surface area contributed by atoms with Gasteiger partial charge in [0.2, 0.25) is 11.8 Å². The van der Waals surface area contributed by atoms with Gasteiger partial charge in [0.25, 0.3) is 5.22 Å². The fraction of sp³-hybridized carbons (Fsp3) is 0.111. The molecule has 0 aliphatic rings. The zero-order chi connectivity index (χ0) is 18.5. The van der Waals surface area contributed by atoms with Crippen LogP contribution in [0.4, 0.5) is 5.69 Å². The number of hydrogen-bond donors (Lipinski definition) is 1. The molecule has 132 valence electrons. The lowest BCUT2D eigenvalue weighted by Gasteiger charge is -2.03. The summed E-state index contributed by atoms with van der Waals surface area (Å²) in [6, 6.07) is 14.3. The first-order valence-corrected chi connectivity index (χ1v) is 9.42. The fourth-order valence-electron chi connectivity index (χ4n) is 2.16. The summed E-state index contributed by atoms with van der Waals surface area (Å²) in [6.07, 6.45) is 0. The Kier molecular flexibility index (Phi) is 5.85. The van der Waals surface area contributed by atoms with E-state index in [1.54, 1.807) is 24.3 Å². The average Bonchev–Trinajstić information content (AvgIpc) is 3.09. The van der Waals surface area contributed by atoms with Crippen molar-refractivity contribution < 1.29 is 14.0 Å². The van der Waals surface area contributed by atoms with Gasteiger partial charge in [0.1, 0.15) is 0 Å². The Morgan fingerprint density at radius 2 is 1.92 bits per heavy atom.